The minimum absolute atomic E-state index is 0.150. The number of hydrogen-bond acceptors (Lipinski definition) is 1. The smallest absolute Gasteiger partial charge is 0.123 e. The summed E-state index contributed by atoms with van der Waals surface area (Å²) < 4.78 is 18.3. The van der Waals surface area contributed by atoms with Gasteiger partial charge in [-0.25, -0.2) is 4.39 Å². The molecule has 2 heteroatoms. The molecule has 0 radical (unpaired) electrons. The highest BCUT2D eigenvalue weighted by molar-refractivity contribution is 5.17. The van der Waals surface area contributed by atoms with Gasteiger partial charge in [-0.05, 0) is 42.9 Å². The number of halogens is 1. The van der Waals surface area contributed by atoms with E-state index < -0.39 is 0 Å². The van der Waals surface area contributed by atoms with Crippen LogP contribution in [0.3, 0.4) is 0 Å². The monoisotopic (exact) mass is 206 g/mol. The molecule has 1 saturated carbocycles. The van der Waals surface area contributed by atoms with Gasteiger partial charge in [-0.3, -0.25) is 0 Å². The van der Waals surface area contributed by atoms with Crippen LogP contribution in [0.4, 0.5) is 4.39 Å². The Balaban J connectivity index is 1.67. The Kier molecular flexibility index (Phi) is 2.24. The van der Waals surface area contributed by atoms with Crippen molar-refractivity contribution in [2.75, 3.05) is 6.61 Å². The fourth-order valence-corrected chi connectivity index (χ4v) is 2.85. The molecule has 80 valence electrons. The van der Waals surface area contributed by atoms with E-state index in [1.165, 1.54) is 18.4 Å². The van der Waals surface area contributed by atoms with Crippen LogP contribution >= 0.6 is 0 Å². The Hall–Kier alpha value is -0.890. The number of hydrogen-bond donors (Lipinski definition) is 0. The van der Waals surface area contributed by atoms with E-state index in [-0.39, 0.29) is 5.82 Å². The fraction of sp³-hybridized carbons (Fsp3) is 0.538. The molecule has 1 nitrogen and oxygen atoms in total. The van der Waals surface area contributed by atoms with E-state index in [0.29, 0.717) is 12.0 Å². The minimum atomic E-state index is -0.150. The van der Waals surface area contributed by atoms with Gasteiger partial charge in [0.1, 0.15) is 5.82 Å². The second-order valence-corrected chi connectivity index (χ2v) is 4.73. The molecule has 1 aromatic rings. The van der Waals surface area contributed by atoms with Crippen molar-refractivity contribution in [1.82, 2.24) is 0 Å². The van der Waals surface area contributed by atoms with Crippen LogP contribution in [0.1, 0.15) is 18.4 Å². The van der Waals surface area contributed by atoms with Crippen LogP contribution < -0.4 is 0 Å². The summed E-state index contributed by atoms with van der Waals surface area (Å²) in [5.74, 6) is 1.33. The molecule has 0 spiro atoms. The average molecular weight is 206 g/mol. The molecule has 1 aliphatic heterocycles. The number of fused-ring (bicyclic) bond motifs is 1. The Bertz CT molecular complexity index is 346. The molecular formula is C13H15FO. The van der Waals surface area contributed by atoms with E-state index in [4.69, 9.17) is 4.74 Å². The van der Waals surface area contributed by atoms with Crippen molar-refractivity contribution in [3.63, 3.8) is 0 Å². The van der Waals surface area contributed by atoms with E-state index in [9.17, 15) is 4.39 Å². The maximum Gasteiger partial charge on any atom is 0.123 e. The van der Waals surface area contributed by atoms with Crippen LogP contribution in [0.5, 0.6) is 0 Å². The Morgan fingerprint density at radius 2 is 2.00 bits per heavy atom. The first-order valence-corrected chi connectivity index (χ1v) is 5.69. The van der Waals surface area contributed by atoms with Crippen molar-refractivity contribution in [1.29, 1.82) is 0 Å². The zero-order chi connectivity index (χ0) is 10.3. The second-order valence-electron chi connectivity index (χ2n) is 4.73. The molecule has 3 atom stereocenters. The van der Waals surface area contributed by atoms with Gasteiger partial charge in [-0.1, -0.05) is 12.1 Å². The number of ether oxygens (including phenoxy) is 1. The molecule has 3 rings (SSSR count). The van der Waals surface area contributed by atoms with Crippen molar-refractivity contribution >= 4 is 0 Å². The Labute approximate surface area is 89.3 Å². The average Bonchev–Trinajstić information content (AvgIpc) is 2.45. The van der Waals surface area contributed by atoms with Crippen molar-refractivity contribution in [3.8, 4) is 0 Å². The highest BCUT2D eigenvalue weighted by Gasteiger charge is 2.43. The molecule has 1 aromatic carbocycles. The SMILES string of the molecule is Fc1ccc(CC2CCC3COC32)cc1. The Morgan fingerprint density at radius 1 is 1.20 bits per heavy atom. The second kappa shape index (κ2) is 3.60. The van der Waals surface area contributed by atoms with Gasteiger partial charge in [-0.2, -0.15) is 0 Å². The molecule has 0 amide bonds. The molecule has 1 saturated heterocycles. The third kappa shape index (κ3) is 1.67. The molecule has 1 aliphatic carbocycles. The lowest BCUT2D eigenvalue weighted by molar-refractivity contribution is -0.114. The van der Waals surface area contributed by atoms with E-state index in [0.717, 1.165) is 18.9 Å². The van der Waals surface area contributed by atoms with Crippen LogP contribution in [0.25, 0.3) is 0 Å². The predicted molar refractivity (Wildman–Crippen MR) is 56.1 cm³/mol. The maximum absolute atomic E-state index is 12.7. The fourth-order valence-electron chi connectivity index (χ4n) is 2.85. The first kappa shape index (κ1) is 9.34. The van der Waals surface area contributed by atoms with Gasteiger partial charge in [0.25, 0.3) is 0 Å². The van der Waals surface area contributed by atoms with Crippen molar-refractivity contribution in [2.45, 2.75) is 25.4 Å². The molecule has 2 aliphatic rings. The zero-order valence-corrected chi connectivity index (χ0v) is 8.66. The van der Waals surface area contributed by atoms with E-state index in [1.54, 1.807) is 12.1 Å². The van der Waals surface area contributed by atoms with Crippen molar-refractivity contribution in [2.24, 2.45) is 11.8 Å². The van der Waals surface area contributed by atoms with Gasteiger partial charge in [-0.15, -0.1) is 0 Å². The normalized spacial score (nSPS) is 33.5. The van der Waals surface area contributed by atoms with Crippen LogP contribution in [0, 0.1) is 17.7 Å². The summed E-state index contributed by atoms with van der Waals surface area (Å²) in [5, 5.41) is 0. The Morgan fingerprint density at radius 3 is 2.60 bits per heavy atom. The maximum atomic E-state index is 12.7. The molecule has 0 N–H and O–H groups in total. The molecule has 2 fully saturated rings. The van der Waals surface area contributed by atoms with Gasteiger partial charge < -0.3 is 4.74 Å². The topological polar surface area (TPSA) is 9.23 Å². The summed E-state index contributed by atoms with van der Waals surface area (Å²) in [6, 6.07) is 6.87. The molecule has 0 aromatic heterocycles. The first-order valence-electron chi connectivity index (χ1n) is 5.69. The lowest BCUT2D eigenvalue weighted by Gasteiger charge is -2.34. The van der Waals surface area contributed by atoms with Gasteiger partial charge in [0.15, 0.2) is 0 Å². The third-order valence-corrected chi connectivity index (χ3v) is 3.75. The molecular weight excluding hydrogens is 191 g/mol. The van der Waals surface area contributed by atoms with Gasteiger partial charge in [0.05, 0.1) is 12.7 Å². The summed E-state index contributed by atoms with van der Waals surface area (Å²) in [7, 11) is 0. The lowest BCUT2D eigenvalue weighted by atomic mass is 9.91. The standard InChI is InChI=1S/C13H15FO/c14-12-5-1-9(2-6-12)7-10-3-4-11-8-15-13(10)11/h1-2,5-6,10-11,13H,3-4,7-8H2. The molecule has 1 heterocycles. The van der Waals surface area contributed by atoms with Gasteiger partial charge >= 0.3 is 0 Å². The van der Waals surface area contributed by atoms with Crippen LogP contribution in [0.15, 0.2) is 24.3 Å². The summed E-state index contributed by atoms with van der Waals surface area (Å²) in [6.45, 7) is 0.963. The van der Waals surface area contributed by atoms with Crippen molar-refractivity contribution in [3.05, 3.63) is 35.6 Å². The highest BCUT2D eigenvalue weighted by atomic mass is 19.1. The van der Waals surface area contributed by atoms with Crippen LogP contribution in [-0.4, -0.2) is 12.7 Å². The number of rotatable bonds is 2. The summed E-state index contributed by atoms with van der Waals surface area (Å²) >= 11 is 0. The summed E-state index contributed by atoms with van der Waals surface area (Å²) in [5.41, 5.74) is 1.23. The molecule has 0 bridgehead atoms. The third-order valence-electron chi connectivity index (χ3n) is 3.75. The van der Waals surface area contributed by atoms with E-state index in [2.05, 4.69) is 0 Å². The summed E-state index contributed by atoms with van der Waals surface area (Å²) in [4.78, 5) is 0. The van der Waals surface area contributed by atoms with Crippen LogP contribution in [-0.2, 0) is 11.2 Å². The first-order chi connectivity index (χ1) is 7.33. The van der Waals surface area contributed by atoms with E-state index in [1.807, 2.05) is 12.1 Å². The lowest BCUT2D eigenvalue weighted by Crippen LogP contribution is -2.39. The van der Waals surface area contributed by atoms with Crippen LogP contribution in [0.2, 0.25) is 0 Å². The molecule has 3 unspecified atom stereocenters. The molecule has 15 heavy (non-hydrogen) atoms. The predicted octanol–water partition coefficient (Wildman–Crippen LogP) is 2.79. The number of benzene rings is 1. The minimum Gasteiger partial charge on any atom is -0.377 e. The van der Waals surface area contributed by atoms with Gasteiger partial charge in [0.2, 0.25) is 0 Å². The largest absolute Gasteiger partial charge is 0.377 e. The van der Waals surface area contributed by atoms with Gasteiger partial charge in [0, 0.05) is 5.92 Å². The quantitative estimate of drug-likeness (QED) is 0.723. The summed E-state index contributed by atoms with van der Waals surface area (Å²) in [6.07, 6.45) is 4.13. The zero-order valence-electron chi connectivity index (χ0n) is 8.66. The van der Waals surface area contributed by atoms with E-state index >= 15 is 0 Å². The highest BCUT2D eigenvalue weighted by Crippen LogP contribution is 2.42. The van der Waals surface area contributed by atoms with Crippen molar-refractivity contribution < 1.29 is 9.13 Å².